The SMILES string of the molecule is COc1ccc([N+](=O)[O-])c(Oc2ccc(Cl)cc2C#N)c1. The number of nitrogens with zero attached hydrogens (tertiary/aromatic N) is 2. The fraction of sp³-hybridized carbons (Fsp3) is 0.0714. The summed E-state index contributed by atoms with van der Waals surface area (Å²) < 4.78 is 10.5. The number of hydrogen-bond acceptors (Lipinski definition) is 5. The molecular formula is C14H9ClN2O4. The molecule has 0 fully saturated rings. The molecule has 106 valence electrons. The van der Waals surface area contributed by atoms with Gasteiger partial charge in [0.25, 0.3) is 0 Å². The Labute approximate surface area is 125 Å². The fourth-order valence-corrected chi connectivity index (χ4v) is 1.82. The molecule has 0 saturated carbocycles. The van der Waals surface area contributed by atoms with Crippen LogP contribution in [0.1, 0.15) is 5.56 Å². The summed E-state index contributed by atoms with van der Waals surface area (Å²) in [6, 6.07) is 10.5. The number of benzene rings is 2. The average Bonchev–Trinajstić information content (AvgIpc) is 2.48. The lowest BCUT2D eigenvalue weighted by Crippen LogP contribution is -1.96. The highest BCUT2D eigenvalue weighted by Crippen LogP contribution is 2.36. The first-order valence-corrected chi connectivity index (χ1v) is 6.13. The van der Waals surface area contributed by atoms with E-state index in [9.17, 15) is 10.1 Å². The van der Waals surface area contributed by atoms with Crippen LogP contribution >= 0.6 is 11.6 Å². The first-order valence-electron chi connectivity index (χ1n) is 5.75. The first-order chi connectivity index (χ1) is 10.0. The zero-order chi connectivity index (χ0) is 15.4. The van der Waals surface area contributed by atoms with E-state index in [4.69, 9.17) is 26.3 Å². The number of hydrogen-bond donors (Lipinski definition) is 0. The molecule has 0 spiro atoms. The van der Waals surface area contributed by atoms with Crippen molar-refractivity contribution in [2.75, 3.05) is 7.11 Å². The first kappa shape index (κ1) is 14.6. The second-order valence-corrected chi connectivity index (χ2v) is 4.38. The molecule has 0 aromatic heterocycles. The third-order valence-electron chi connectivity index (χ3n) is 2.65. The molecule has 0 aliphatic rings. The van der Waals surface area contributed by atoms with Crippen molar-refractivity contribution in [3.8, 4) is 23.3 Å². The third kappa shape index (κ3) is 3.22. The second kappa shape index (κ2) is 6.11. The number of nitriles is 1. The van der Waals surface area contributed by atoms with Crippen molar-refractivity contribution >= 4 is 17.3 Å². The van der Waals surface area contributed by atoms with Gasteiger partial charge in [0.1, 0.15) is 17.6 Å². The van der Waals surface area contributed by atoms with Gasteiger partial charge in [0.15, 0.2) is 0 Å². The zero-order valence-corrected chi connectivity index (χ0v) is 11.6. The van der Waals surface area contributed by atoms with Gasteiger partial charge in [0, 0.05) is 17.2 Å². The van der Waals surface area contributed by atoms with Crippen LogP contribution in [-0.4, -0.2) is 12.0 Å². The molecule has 2 aromatic rings. The molecule has 7 heteroatoms. The number of methoxy groups -OCH3 is 1. The van der Waals surface area contributed by atoms with Crippen molar-refractivity contribution in [3.05, 3.63) is 57.1 Å². The van der Waals surface area contributed by atoms with Crippen LogP contribution in [-0.2, 0) is 0 Å². The van der Waals surface area contributed by atoms with E-state index in [1.165, 1.54) is 43.5 Å². The summed E-state index contributed by atoms with van der Waals surface area (Å²) in [4.78, 5) is 10.4. The Bertz CT molecular complexity index is 740. The molecule has 0 bridgehead atoms. The Kier molecular flexibility index (Phi) is 4.26. The summed E-state index contributed by atoms with van der Waals surface area (Å²) in [5.41, 5.74) is -0.0470. The average molecular weight is 305 g/mol. The van der Waals surface area contributed by atoms with E-state index in [0.29, 0.717) is 10.8 Å². The maximum absolute atomic E-state index is 11.0. The summed E-state index contributed by atoms with van der Waals surface area (Å²) in [6.07, 6.45) is 0. The molecule has 0 radical (unpaired) electrons. The fourth-order valence-electron chi connectivity index (χ4n) is 1.65. The Morgan fingerprint density at radius 3 is 2.62 bits per heavy atom. The molecule has 0 aliphatic carbocycles. The van der Waals surface area contributed by atoms with Crippen LogP contribution in [0.5, 0.6) is 17.2 Å². The zero-order valence-electron chi connectivity index (χ0n) is 10.9. The lowest BCUT2D eigenvalue weighted by atomic mass is 10.2. The largest absolute Gasteiger partial charge is 0.497 e. The van der Waals surface area contributed by atoms with Crippen LogP contribution < -0.4 is 9.47 Å². The molecule has 2 rings (SSSR count). The van der Waals surface area contributed by atoms with Gasteiger partial charge in [0.2, 0.25) is 5.75 Å². The topological polar surface area (TPSA) is 85.4 Å². The summed E-state index contributed by atoms with van der Waals surface area (Å²) in [5.74, 6) is 0.569. The number of rotatable bonds is 4. The lowest BCUT2D eigenvalue weighted by molar-refractivity contribution is -0.385. The predicted octanol–water partition coefficient (Wildman–Crippen LogP) is 3.92. The molecule has 2 aromatic carbocycles. The van der Waals surface area contributed by atoms with E-state index >= 15 is 0 Å². The van der Waals surface area contributed by atoms with Crippen LogP contribution in [0.25, 0.3) is 0 Å². The molecule has 0 aliphatic heterocycles. The summed E-state index contributed by atoms with van der Waals surface area (Å²) in [6.45, 7) is 0. The maximum atomic E-state index is 11.0. The monoisotopic (exact) mass is 304 g/mol. The van der Waals surface area contributed by atoms with Gasteiger partial charge in [-0.2, -0.15) is 5.26 Å². The summed E-state index contributed by atoms with van der Waals surface area (Å²) >= 11 is 5.79. The highest BCUT2D eigenvalue weighted by molar-refractivity contribution is 6.30. The van der Waals surface area contributed by atoms with Gasteiger partial charge in [-0.25, -0.2) is 0 Å². The summed E-state index contributed by atoms with van der Waals surface area (Å²) in [5, 5.41) is 20.4. The van der Waals surface area contributed by atoms with Crippen LogP contribution in [0.4, 0.5) is 5.69 Å². The molecule has 0 N–H and O–H groups in total. The quantitative estimate of drug-likeness (QED) is 0.631. The number of nitro benzene ring substituents is 1. The van der Waals surface area contributed by atoms with Gasteiger partial charge in [-0.3, -0.25) is 10.1 Å². The van der Waals surface area contributed by atoms with Gasteiger partial charge in [-0.15, -0.1) is 0 Å². The number of nitro groups is 1. The highest BCUT2D eigenvalue weighted by Gasteiger charge is 2.18. The maximum Gasteiger partial charge on any atom is 0.311 e. The van der Waals surface area contributed by atoms with Crippen molar-refractivity contribution in [1.29, 1.82) is 5.26 Å². The van der Waals surface area contributed by atoms with Gasteiger partial charge in [-0.05, 0) is 24.3 Å². The molecule has 6 nitrogen and oxygen atoms in total. The van der Waals surface area contributed by atoms with Crippen LogP contribution in [0, 0.1) is 21.4 Å². The normalized spacial score (nSPS) is 9.76. The van der Waals surface area contributed by atoms with Crippen molar-refractivity contribution in [3.63, 3.8) is 0 Å². The number of halogens is 1. The van der Waals surface area contributed by atoms with Crippen LogP contribution in [0.15, 0.2) is 36.4 Å². The number of ether oxygens (including phenoxy) is 2. The smallest absolute Gasteiger partial charge is 0.311 e. The molecular weight excluding hydrogens is 296 g/mol. The van der Waals surface area contributed by atoms with Gasteiger partial charge in [0.05, 0.1) is 17.6 Å². The van der Waals surface area contributed by atoms with E-state index in [0.717, 1.165) is 0 Å². The standard InChI is InChI=1S/C14H9ClN2O4/c1-20-11-3-4-12(17(18)19)14(7-11)21-13-5-2-10(15)6-9(13)8-16/h2-7H,1H3. The predicted molar refractivity (Wildman–Crippen MR) is 75.9 cm³/mol. The van der Waals surface area contributed by atoms with E-state index in [-0.39, 0.29) is 22.7 Å². The van der Waals surface area contributed by atoms with E-state index in [1.807, 2.05) is 6.07 Å². The van der Waals surface area contributed by atoms with E-state index in [2.05, 4.69) is 0 Å². The van der Waals surface area contributed by atoms with E-state index < -0.39 is 4.92 Å². The highest BCUT2D eigenvalue weighted by atomic mass is 35.5. The molecule has 0 unspecified atom stereocenters. The van der Waals surface area contributed by atoms with Crippen molar-refractivity contribution < 1.29 is 14.4 Å². The minimum Gasteiger partial charge on any atom is -0.497 e. The minimum atomic E-state index is -0.573. The Morgan fingerprint density at radius 2 is 2.00 bits per heavy atom. The minimum absolute atomic E-state index is 0.0156. The molecule has 0 saturated heterocycles. The summed E-state index contributed by atoms with van der Waals surface area (Å²) in [7, 11) is 1.44. The second-order valence-electron chi connectivity index (χ2n) is 3.95. The van der Waals surface area contributed by atoms with Gasteiger partial charge in [-0.1, -0.05) is 11.6 Å². The Hall–Kier alpha value is -2.78. The van der Waals surface area contributed by atoms with Crippen molar-refractivity contribution in [2.24, 2.45) is 0 Å². The molecule has 0 heterocycles. The van der Waals surface area contributed by atoms with Crippen molar-refractivity contribution in [2.45, 2.75) is 0 Å². The molecule has 21 heavy (non-hydrogen) atoms. The van der Waals surface area contributed by atoms with Crippen LogP contribution in [0.3, 0.4) is 0 Å². The van der Waals surface area contributed by atoms with Gasteiger partial charge >= 0.3 is 5.69 Å². The van der Waals surface area contributed by atoms with E-state index in [1.54, 1.807) is 0 Å². The Balaban J connectivity index is 2.48. The molecule has 0 atom stereocenters. The Morgan fingerprint density at radius 1 is 1.24 bits per heavy atom. The van der Waals surface area contributed by atoms with Crippen LogP contribution in [0.2, 0.25) is 5.02 Å². The van der Waals surface area contributed by atoms with Crippen molar-refractivity contribution in [1.82, 2.24) is 0 Å². The molecule has 0 amide bonds. The lowest BCUT2D eigenvalue weighted by Gasteiger charge is -2.09. The van der Waals surface area contributed by atoms with Gasteiger partial charge < -0.3 is 9.47 Å². The third-order valence-corrected chi connectivity index (χ3v) is 2.88.